The van der Waals surface area contributed by atoms with Crippen LogP contribution in [0.25, 0.3) is 0 Å². The molecule has 1 saturated heterocycles. The van der Waals surface area contributed by atoms with Crippen LogP contribution in [0.3, 0.4) is 0 Å². The second-order valence-electron chi connectivity index (χ2n) is 5.44. The molecule has 0 radical (unpaired) electrons. The van der Waals surface area contributed by atoms with Crippen molar-refractivity contribution >= 4 is 40.2 Å². The molecule has 0 aromatic heterocycles. The van der Waals surface area contributed by atoms with Crippen molar-refractivity contribution in [3.8, 4) is 0 Å². The van der Waals surface area contributed by atoms with Crippen LogP contribution in [0.15, 0.2) is 54.6 Å². The van der Waals surface area contributed by atoms with E-state index in [4.69, 9.17) is 0 Å². The summed E-state index contributed by atoms with van der Waals surface area (Å²) in [4.78, 5) is 37.5. The van der Waals surface area contributed by atoms with Crippen LogP contribution in [0.2, 0.25) is 0 Å². The van der Waals surface area contributed by atoms with E-state index in [1.807, 2.05) is 30.3 Å². The maximum atomic E-state index is 12.6. The molecular formula is C17H14INO3. The van der Waals surface area contributed by atoms with E-state index in [0.717, 1.165) is 5.56 Å². The van der Waals surface area contributed by atoms with Gasteiger partial charge in [-0.3, -0.25) is 19.3 Å². The standard InChI is InChI=1S/C17H14INO3/c1-11(20)19-16(22)15(18)14(12-5-3-2-4-6-12)17(19)9-7-13(21)8-10-17/h2-10,14-15H,1H3. The fourth-order valence-corrected chi connectivity index (χ4v) is 4.52. The van der Waals surface area contributed by atoms with Gasteiger partial charge in [0.05, 0.1) is 5.54 Å². The largest absolute Gasteiger partial charge is 0.290 e. The number of nitrogens with zero attached hydrogens (tertiary/aromatic N) is 1. The molecule has 1 fully saturated rings. The zero-order chi connectivity index (χ0) is 15.9. The zero-order valence-electron chi connectivity index (χ0n) is 11.9. The van der Waals surface area contributed by atoms with E-state index in [2.05, 4.69) is 22.6 Å². The molecule has 4 nitrogen and oxygen atoms in total. The van der Waals surface area contributed by atoms with Gasteiger partial charge in [-0.25, -0.2) is 0 Å². The van der Waals surface area contributed by atoms with Crippen LogP contribution in [-0.4, -0.2) is 32.0 Å². The summed E-state index contributed by atoms with van der Waals surface area (Å²) in [6, 6.07) is 9.64. The molecular weight excluding hydrogens is 393 g/mol. The summed E-state index contributed by atoms with van der Waals surface area (Å²) >= 11 is 2.09. The van der Waals surface area contributed by atoms with Gasteiger partial charge < -0.3 is 0 Å². The molecule has 1 heterocycles. The summed E-state index contributed by atoms with van der Waals surface area (Å²) < 4.78 is -0.369. The Balaban J connectivity index is 2.21. The second-order valence-corrected chi connectivity index (χ2v) is 6.78. The van der Waals surface area contributed by atoms with Crippen molar-refractivity contribution in [1.82, 2.24) is 4.90 Å². The van der Waals surface area contributed by atoms with Gasteiger partial charge in [0.25, 0.3) is 0 Å². The Morgan fingerprint density at radius 1 is 1.14 bits per heavy atom. The van der Waals surface area contributed by atoms with Gasteiger partial charge >= 0.3 is 0 Å². The Bertz CT molecular complexity index is 692. The van der Waals surface area contributed by atoms with E-state index in [1.54, 1.807) is 12.2 Å². The molecule has 0 bridgehead atoms. The number of halogens is 1. The van der Waals surface area contributed by atoms with Crippen LogP contribution in [0.1, 0.15) is 18.4 Å². The fraction of sp³-hybridized carbons (Fsp3) is 0.235. The van der Waals surface area contributed by atoms with Gasteiger partial charge in [-0.2, -0.15) is 0 Å². The molecule has 2 amide bonds. The summed E-state index contributed by atoms with van der Waals surface area (Å²) in [6.07, 6.45) is 6.25. The number of hydrogen-bond acceptors (Lipinski definition) is 3. The zero-order valence-corrected chi connectivity index (χ0v) is 14.1. The smallest absolute Gasteiger partial charge is 0.243 e. The number of carbonyl (C=O) groups is 3. The predicted molar refractivity (Wildman–Crippen MR) is 90.5 cm³/mol. The van der Waals surface area contributed by atoms with E-state index < -0.39 is 5.54 Å². The molecule has 1 aliphatic heterocycles. The van der Waals surface area contributed by atoms with E-state index in [0.29, 0.717) is 0 Å². The normalized spacial score (nSPS) is 26.0. The van der Waals surface area contributed by atoms with Crippen LogP contribution in [0.5, 0.6) is 0 Å². The first-order valence-corrected chi connectivity index (χ1v) is 8.18. The molecule has 2 atom stereocenters. The molecule has 5 heteroatoms. The Kier molecular flexibility index (Phi) is 3.76. The summed E-state index contributed by atoms with van der Waals surface area (Å²) in [5.74, 6) is -0.879. The maximum absolute atomic E-state index is 12.6. The quantitative estimate of drug-likeness (QED) is 0.531. The van der Waals surface area contributed by atoms with Crippen LogP contribution in [0.4, 0.5) is 0 Å². The molecule has 3 rings (SSSR count). The maximum Gasteiger partial charge on any atom is 0.243 e. The number of benzene rings is 1. The van der Waals surface area contributed by atoms with Crippen molar-refractivity contribution in [2.24, 2.45) is 0 Å². The molecule has 1 aliphatic carbocycles. The Morgan fingerprint density at radius 3 is 2.27 bits per heavy atom. The third kappa shape index (κ3) is 2.15. The summed E-state index contributed by atoms with van der Waals surface area (Å²) in [5.41, 5.74) is 0.0759. The number of alkyl halides is 1. The predicted octanol–water partition coefficient (Wildman–Crippen LogP) is 2.40. The SMILES string of the molecule is CC(=O)N1C(=O)C(I)C(c2ccccc2)C12C=CC(=O)C=C2. The van der Waals surface area contributed by atoms with Crippen LogP contribution >= 0.6 is 22.6 Å². The topological polar surface area (TPSA) is 54.5 Å². The highest BCUT2D eigenvalue weighted by atomic mass is 127. The molecule has 1 aromatic carbocycles. The van der Waals surface area contributed by atoms with Gasteiger partial charge in [0.15, 0.2) is 5.78 Å². The van der Waals surface area contributed by atoms with E-state index >= 15 is 0 Å². The lowest BCUT2D eigenvalue weighted by Crippen LogP contribution is -2.49. The second kappa shape index (κ2) is 5.46. The highest BCUT2D eigenvalue weighted by Crippen LogP contribution is 2.49. The molecule has 22 heavy (non-hydrogen) atoms. The van der Waals surface area contributed by atoms with Crippen molar-refractivity contribution in [2.45, 2.75) is 22.3 Å². The van der Waals surface area contributed by atoms with Crippen LogP contribution in [-0.2, 0) is 14.4 Å². The van der Waals surface area contributed by atoms with Gasteiger partial charge in [0.1, 0.15) is 3.92 Å². The van der Waals surface area contributed by atoms with E-state index in [9.17, 15) is 14.4 Å². The van der Waals surface area contributed by atoms with Crippen molar-refractivity contribution in [2.75, 3.05) is 0 Å². The Morgan fingerprint density at radius 2 is 1.73 bits per heavy atom. The third-order valence-corrected chi connectivity index (χ3v) is 5.39. The van der Waals surface area contributed by atoms with Gasteiger partial charge in [0.2, 0.25) is 11.8 Å². The van der Waals surface area contributed by atoms with Crippen molar-refractivity contribution in [1.29, 1.82) is 0 Å². The van der Waals surface area contributed by atoms with E-state index in [1.165, 1.54) is 24.0 Å². The first-order valence-electron chi connectivity index (χ1n) is 6.93. The highest BCUT2D eigenvalue weighted by molar-refractivity contribution is 14.1. The molecule has 0 N–H and O–H groups in total. The van der Waals surface area contributed by atoms with E-state index in [-0.39, 0.29) is 27.4 Å². The van der Waals surface area contributed by atoms with Crippen molar-refractivity contribution in [3.63, 3.8) is 0 Å². The Hall–Kier alpha value is -1.76. The van der Waals surface area contributed by atoms with Gasteiger partial charge in [-0.1, -0.05) is 65.1 Å². The number of amides is 2. The van der Waals surface area contributed by atoms with Gasteiger partial charge in [-0.15, -0.1) is 0 Å². The number of likely N-dealkylation sites (tertiary alicyclic amines) is 1. The lowest BCUT2D eigenvalue weighted by molar-refractivity contribution is -0.143. The minimum atomic E-state index is -0.899. The Labute approximate surface area is 142 Å². The van der Waals surface area contributed by atoms with Crippen molar-refractivity contribution in [3.05, 3.63) is 60.2 Å². The third-order valence-electron chi connectivity index (χ3n) is 4.14. The first kappa shape index (κ1) is 15.1. The van der Waals surface area contributed by atoms with Crippen molar-refractivity contribution < 1.29 is 14.4 Å². The monoisotopic (exact) mass is 407 g/mol. The highest BCUT2D eigenvalue weighted by Gasteiger charge is 2.57. The summed E-state index contributed by atoms with van der Waals surface area (Å²) in [6.45, 7) is 1.38. The lowest BCUT2D eigenvalue weighted by Gasteiger charge is -2.37. The number of ketones is 1. The molecule has 0 saturated carbocycles. The average Bonchev–Trinajstić information content (AvgIpc) is 2.71. The molecule has 2 unspecified atom stereocenters. The minimum Gasteiger partial charge on any atom is -0.290 e. The first-order chi connectivity index (χ1) is 10.5. The van der Waals surface area contributed by atoms with Crippen LogP contribution < -0.4 is 0 Å². The van der Waals surface area contributed by atoms with Crippen LogP contribution in [0, 0.1) is 0 Å². The minimum absolute atomic E-state index is 0.134. The summed E-state index contributed by atoms with van der Waals surface area (Å²) in [5, 5.41) is 0. The average molecular weight is 407 g/mol. The molecule has 112 valence electrons. The summed E-state index contributed by atoms with van der Waals surface area (Å²) in [7, 11) is 0. The van der Waals surface area contributed by atoms with Gasteiger partial charge in [0, 0.05) is 12.8 Å². The number of carbonyl (C=O) groups excluding carboxylic acids is 3. The number of allylic oxidation sites excluding steroid dienone is 2. The number of hydrogen-bond donors (Lipinski definition) is 0. The molecule has 1 spiro atoms. The molecule has 1 aromatic rings. The molecule has 2 aliphatic rings. The fourth-order valence-electron chi connectivity index (χ4n) is 3.25. The lowest BCUT2D eigenvalue weighted by atomic mass is 9.77. The number of imide groups is 1. The number of rotatable bonds is 1. The van der Waals surface area contributed by atoms with Gasteiger partial charge in [-0.05, 0) is 17.7 Å².